The molecule has 0 fully saturated rings. The lowest BCUT2D eigenvalue weighted by Crippen LogP contribution is -2.06. The van der Waals surface area contributed by atoms with E-state index in [1.165, 1.54) is 19.2 Å². The molecule has 0 unspecified atom stereocenters. The summed E-state index contributed by atoms with van der Waals surface area (Å²) in [5, 5.41) is 19.5. The summed E-state index contributed by atoms with van der Waals surface area (Å²) in [5.41, 5.74) is 5.66. The fourth-order valence-electron chi connectivity index (χ4n) is 1.35. The van der Waals surface area contributed by atoms with Crippen molar-refractivity contribution in [1.82, 2.24) is 0 Å². The van der Waals surface area contributed by atoms with Gasteiger partial charge in [-0.2, -0.15) is 0 Å². The van der Waals surface area contributed by atoms with Gasteiger partial charge in [-0.1, -0.05) is 0 Å². The van der Waals surface area contributed by atoms with Crippen LogP contribution in [-0.4, -0.2) is 30.4 Å². The maximum Gasteiger partial charge on any atom is 0.277 e. The predicted molar refractivity (Wildman–Crippen MR) is 60.1 cm³/mol. The zero-order chi connectivity index (χ0) is 12.8. The molecule has 1 rings (SSSR count). The third-order valence-corrected chi connectivity index (χ3v) is 2.13. The molecule has 0 saturated heterocycles. The van der Waals surface area contributed by atoms with Gasteiger partial charge in [-0.15, -0.1) is 0 Å². The Morgan fingerprint density at radius 3 is 2.65 bits per heavy atom. The van der Waals surface area contributed by atoms with E-state index >= 15 is 0 Å². The fourth-order valence-corrected chi connectivity index (χ4v) is 1.35. The maximum absolute atomic E-state index is 10.8. The number of rotatable bonds is 6. The standard InChI is InChI=1S/C10H14N2O5/c1-16-9-4-7(6-11)8(12(14)15)5-10(9)17-3-2-13/h4-5,13H,2-3,6,11H2,1H3. The topological polar surface area (TPSA) is 108 Å². The van der Waals surface area contributed by atoms with E-state index in [0.29, 0.717) is 11.3 Å². The second-order valence-electron chi connectivity index (χ2n) is 3.17. The summed E-state index contributed by atoms with van der Waals surface area (Å²) in [5.74, 6) is 0.565. The van der Waals surface area contributed by atoms with E-state index in [0.717, 1.165) is 0 Å². The minimum atomic E-state index is -0.534. The lowest BCUT2D eigenvalue weighted by Gasteiger charge is -2.11. The Balaban J connectivity index is 3.18. The van der Waals surface area contributed by atoms with Crippen LogP contribution in [0.5, 0.6) is 11.5 Å². The molecule has 94 valence electrons. The van der Waals surface area contributed by atoms with Gasteiger partial charge in [0.2, 0.25) is 0 Å². The average Bonchev–Trinajstić information content (AvgIpc) is 2.34. The quantitative estimate of drug-likeness (QED) is 0.553. The van der Waals surface area contributed by atoms with E-state index in [9.17, 15) is 10.1 Å². The average molecular weight is 242 g/mol. The molecule has 0 saturated carbocycles. The molecule has 0 heterocycles. The van der Waals surface area contributed by atoms with Crippen LogP contribution in [0.2, 0.25) is 0 Å². The lowest BCUT2D eigenvalue weighted by molar-refractivity contribution is -0.385. The van der Waals surface area contributed by atoms with Gasteiger partial charge in [0, 0.05) is 12.1 Å². The van der Waals surface area contributed by atoms with Crippen LogP contribution in [0.3, 0.4) is 0 Å². The summed E-state index contributed by atoms with van der Waals surface area (Å²) < 4.78 is 10.2. The highest BCUT2D eigenvalue weighted by Gasteiger charge is 2.18. The number of nitrogens with two attached hydrogens (primary N) is 1. The Labute approximate surface area is 97.9 Å². The molecule has 0 atom stereocenters. The van der Waals surface area contributed by atoms with E-state index in [1.54, 1.807) is 0 Å². The molecule has 0 aliphatic heterocycles. The minimum Gasteiger partial charge on any atom is -0.493 e. The summed E-state index contributed by atoms with van der Waals surface area (Å²) in [6, 6.07) is 2.71. The van der Waals surface area contributed by atoms with Crippen molar-refractivity contribution in [3.63, 3.8) is 0 Å². The normalized spacial score (nSPS) is 10.1. The number of nitro benzene ring substituents is 1. The number of aliphatic hydroxyl groups is 1. The molecule has 17 heavy (non-hydrogen) atoms. The molecule has 0 radical (unpaired) electrons. The molecule has 1 aromatic rings. The molecule has 3 N–H and O–H groups in total. The summed E-state index contributed by atoms with van der Waals surface area (Å²) in [6.45, 7) is -0.113. The number of methoxy groups -OCH3 is 1. The zero-order valence-electron chi connectivity index (χ0n) is 9.38. The van der Waals surface area contributed by atoms with Crippen molar-refractivity contribution in [2.75, 3.05) is 20.3 Å². The van der Waals surface area contributed by atoms with Crippen molar-refractivity contribution in [3.05, 3.63) is 27.8 Å². The molecular weight excluding hydrogens is 228 g/mol. The number of nitrogens with zero attached hydrogens (tertiary/aromatic N) is 1. The van der Waals surface area contributed by atoms with Crippen LogP contribution in [0, 0.1) is 10.1 Å². The number of ether oxygens (including phenoxy) is 2. The van der Waals surface area contributed by atoms with Crippen LogP contribution in [0.4, 0.5) is 5.69 Å². The Kier molecular flexibility index (Phi) is 4.68. The Bertz CT molecular complexity index is 408. The smallest absolute Gasteiger partial charge is 0.277 e. The molecule has 0 amide bonds. The van der Waals surface area contributed by atoms with Crippen LogP contribution in [0.15, 0.2) is 12.1 Å². The summed E-state index contributed by atoms with van der Waals surface area (Å²) >= 11 is 0. The van der Waals surface area contributed by atoms with E-state index in [2.05, 4.69) is 0 Å². The zero-order valence-corrected chi connectivity index (χ0v) is 9.38. The molecule has 7 heteroatoms. The number of hydrogen-bond donors (Lipinski definition) is 2. The van der Waals surface area contributed by atoms with Crippen molar-refractivity contribution >= 4 is 5.69 Å². The third-order valence-electron chi connectivity index (χ3n) is 2.13. The van der Waals surface area contributed by atoms with Gasteiger partial charge in [-0.25, -0.2) is 0 Å². The van der Waals surface area contributed by atoms with Crippen molar-refractivity contribution in [2.45, 2.75) is 6.54 Å². The second-order valence-corrected chi connectivity index (χ2v) is 3.17. The molecule has 0 aliphatic rings. The summed E-state index contributed by atoms with van der Waals surface area (Å²) in [7, 11) is 1.42. The monoisotopic (exact) mass is 242 g/mol. The van der Waals surface area contributed by atoms with Gasteiger partial charge in [0.1, 0.15) is 6.61 Å². The van der Waals surface area contributed by atoms with Crippen molar-refractivity contribution in [2.24, 2.45) is 5.73 Å². The number of hydrogen-bond acceptors (Lipinski definition) is 6. The van der Waals surface area contributed by atoms with Gasteiger partial charge < -0.3 is 20.3 Å². The highest BCUT2D eigenvalue weighted by Crippen LogP contribution is 2.34. The van der Waals surface area contributed by atoms with Crippen LogP contribution in [-0.2, 0) is 6.54 Å². The molecule has 0 spiro atoms. The van der Waals surface area contributed by atoms with Gasteiger partial charge in [0.05, 0.1) is 24.7 Å². The third kappa shape index (κ3) is 3.05. The first-order valence-corrected chi connectivity index (χ1v) is 4.93. The highest BCUT2D eigenvalue weighted by atomic mass is 16.6. The molecule has 0 bridgehead atoms. The lowest BCUT2D eigenvalue weighted by atomic mass is 10.1. The minimum absolute atomic E-state index is 0.0347. The number of benzene rings is 1. The summed E-state index contributed by atoms with van der Waals surface area (Å²) in [4.78, 5) is 10.3. The van der Waals surface area contributed by atoms with Crippen molar-refractivity contribution in [1.29, 1.82) is 0 Å². The first-order chi connectivity index (χ1) is 8.13. The Morgan fingerprint density at radius 1 is 1.47 bits per heavy atom. The van der Waals surface area contributed by atoms with Crippen LogP contribution in [0.25, 0.3) is 0 Å². The maximum atomic E-state index is 10.8. The Morgan fingerprint density at radius 2 is 2.18 bits per heavy atom. The summed E-state index contributed by atoms with van der Waals surface area (Å²) in [6.07, 6.45) is 0. The highest BCUT2D eigenvalue weighted by molar-refractivity contribution is 5.54. The number of aliphatic hydroxyl groups excluding tert-OH is 1. The molecule has 7 nitrogen and oxygen atoms in total. The van der Waals surface area contributed by atoms with Crippen LogP contribution < -0.4 is 15.2 Å². The molecule has 0 aromatic heterocycles. The predicted octanol–water partition coefficient (Wildman–Crippen LogP) is 0.433. The van der Waals surface area contributed by atoms with Crippen LogP contribution >= 0.6 is 0 Å². The van der Waals surface area contributed by atoms with Crippen molar-refractivity contribution in [3.8, 4) is 11.5 Å². The fraction of sp³-hybridized carbons (Fsp3) is 0.400. The van der Waals surface area contributed by atoms with Crippen molar-refractivity contribution < 1.29 is 19.5 Å². The van der Waals surface area contributed by atoms with Gasteiger partial charge in [-0.05, 0) is 6.07 Å². The molecular formula is C10H14N2O5. The van der Waals surface area contributed by atoms with Gasteiger partial charge in [0.25, 0.3) is 5.69 Å². The number of nitro groups is 1. The van der Waals surface area contributed by atoms with E-state index in [-0.39, 0.29) is 31.2 Å². The van der Waals surface area contributed by atoms with E-state index < -0.39 is 4.92 Å². The van der Waals surface area contributed by atoms with Crippen LogP contribution in [0.1, 0.15) is 5.56 Å². The first kappa shape index (κ1) is 13.2. The van der Waals surface area contributed by atoms with Gasteiger partial charge >= 0.3 is 0 Å². The largest absolute Gasteiger partial charge is 0.493 e. The van der Waals surface area contributed by atoms with Gasteiger partial charge in [0.15, 0.2) is 11.5 Å². The molecule has 1 aromatic carbocycles. The second kappa shape index (κ2) is 6.02. The van der Waals surface area contributed by atoms with Gasteiger partial charge in [-0.3, -0.25) is 10.1 Å². The Hall–Kier alpha value is -1.86. The SMILES string of the molecule is COc1cc(CN)c([N+](=O)[O-])cc1OCCO. The van der Waals surface area contributed by atoms with E-state index in [1.807, 2.05) is 0 Å². The van der Waals surface area contributed by atoms with E-state index in [4.69, 9.17) is 20.3 Å². The first-order valence-electron chi connectivity index (χ1n) is 4.93. The molecule has 0 aliphatic carbocycles.